The maximum Gasteiger partial charge on any atom is 0.392 e. The number of nitrogens with zero attached hydrogens (tertiary/aromatic N) is 1. The molecule has 0 aliphatic heterocycles. The van der Waals surface area contributed by atoms with Gasteiger partial charge >= 0.3 is 17.4 Å². The van der Waals surface area contributed by atoms with Crippen LogP contribution in [0.1, 0.15) is 0 Å². The zero-order valence-corrected chi connectivity index (χ0v) is 13.9. The molecule has 1 N–H and O–H groups in total. The Balaban J connectivity index is 2.07. The minimum absolute atomic E-state index is 0.133. The fourth-order valence-electron chi connectivity index (χ4n) is 2.92. The van der Waals surface area contributed by atoms with Crippen molar-refractivity contribution >= 4 is 0 Å². The SMILES string of the molecule is O=c1oc(-c2ccccc2)[n+](-c2ccccc2)c(O)c1-c1ccccc1. The summed E-state index contributed by atoms with van der Waals surface area (Å²) in [4.78, 5) is 12.7. The van der Waals surface area contributed by atoms with Crippen LogP contribution in [0.15, 0.2) is 100 Å². The molecule has 1 heterocycles. The summed E-state index contributed by atoms with van der Waals surface area (Å²) in [6.45, 7) is 0. The first-order chi connectivity index (χ1) is 12.8. The molecule has 4 nitrogen and oxygen atoms in total. The van der Waals surface area contributed by atoms with Crippen molar-refractivity contribution in [2.24, 2.45) is 0 Å². The van der Waals surface area contributed by atoms with Gasteiger partial charge in [0.25, 0.3) is 0 Å². The second-order valence-electron chi connectivity index (χ2n) is 5.80. The molecule has 0 bridgehead atoms. The summed E-state index contributed by atoms with van der Waals surface area (Å²) in [6, 6.07) is 27.6. The van der Waals surface area contributed by atoms with Gasteiger partial charge in [0.1, 0.15) is 0 Å². The quantitative estimate of drug-likeness (QED) is 0.574. The van der Waals surface area contributed by atoms with E-state index in [1.807, 2.05) is 78.9 Å². The molecule has 1 aromatic heterocycles. The van der Waals surface area contributed by atoms with Crippen LogP contribution in [0.5, 0.6) is 5.88 Å². The molecule has 3 aromatic carbocycles. The van der Waals surface area contributed by atoms with E-state index in [1.165, 1.54) is 0 Å². The summed E-state index contributed by atoms with van der Waals surface area (Å²) < 4.78 is 7.22. The van der Waals surface area contributed by atoms with E-state index < -0.39 is 5.63 Å². The van der Waals surface area contributed by atoms with Crippen molar-refractivity contribution in [3.05, 3.63) is 101 Å². The highest BCUT2D eigenvalue weighted by atomic mass is 16.4. The van der Waals surface area contributed by atoms with Gasteiger partial charge in [-0.25, -0.2) is 4.79 Å². The molecule has 0 aliphatic rings. The third-order valence-electron chi connectivity index (χ3n) is 4.13. The van der Waals surface area contributed by atoms with Crippen molar-refractivity contribution in [3.63, 3.8) is 0 Å². The van der Waals surface area contributed by atoms with E-state index in [2.05, 4.69) is 0 Å². The summed E-state index contributed by atoms with van der Waals surface area (Å²) in [5.41, 5.74) is 1.55. The van der Waals surface area contributed by atoms with Gasteiger partial charge in [-0.1, -0.05) is 71.3 Å². The van der Waals surface area contributed by atoms with Crippen molar-refractivity contribution in [2.45, 2.75) is 0 Å². The van der Waals surface area contributed by atoms with Crippen LogP contribution in [0.3, 0.4) is 0 Å². The predicted molar refractivity (Wildman–Crippen MR) is 99.0 cm³/mol. The lowest BCUT2D eigenvalue weighted by atomic mass is 10.1. The summed E-state index contributed by atoms with van der Waals surface area (Å²) in [5, 5.41) is 11.0. The lowest BCUT2D eigenvalue weighted by molar-refractivity contribution is -0.602. The van der Waals surface area contributed by atoms with E-state index >= 15 is 0 Å². The first-order valence-electron chi connectivity index (χ1n) is 8.24. The van der Waals surface area contributed by atoms with Crippen LogP contribution in [0.4, 0.5) is 0 Å². The van der Waals surface area contributed by atoms with E-state index in [-0.39, 0.29) is 17.3 Å². The lowest BCUT2D eigenvalue weighted by Gasteiger charge is -2.07. The molecule has 0 radical (unpaired) electrons. The van der Waals surface area contributed by atoms with E-state index in [4.69, 9.17) is 4.42 Å². The van der Waals surface area contributed by atoms with Gasteiger partial charge in [-0.15, -0.1) is 0 Å². The normalized spacial score (nSPS) is 10.6. The van der Waals surface area contributed by atoms with Crippen molar-refractivity contribution in [1.82, 2.24) is 0 Å². The number of para-hydroxylation sites is 1. The van der Waals surface area contributed by atoms with E-state index in [0.717, 1.165) is 0 Å². The maximum atomic E-state index is 12.7. The number of aromatic hydroxyl groups is 1. The monoisotopic (exact) mass is 342 g/mol. The molecule has 4 rings (SSSR count). The molecule has 0 spiro atoms. The third-order valence-corrected chi connectivity index (χ3v) is 4.13. The average Bonchev–Trinajstić information content (AvgIpc) is 2.70. The fraction of sp³-hybridized carbons (Fsp3) is 0. The Labute approximate surface area is 150 Å². The standard InChI is InChI=1S/C22H15NO3/c24-20-19(16-10-4-1-5-11-16)22(25)26-21(17-12-6-2-7-13-17)23(20)18-14-8-3-9-15-18/h1-15H/p+1. The minimum Gasteiger partial charge on any atom is -0.459 e. The topological polar surface area (TPSA) is 54.3 Å². The summed E-state index contributed by atoms with van der Waals surface area (Å²) >= 11 is 0. The minimum atomic E-state index is -0.584. The molecular formula is C22H16NO3+. The predicted octanol–water partition coefficient (Wildman–Crippen LogP) is 3.96. The number of benzene rings is 3. The summed E-state index contributed by atoms with van der Waals surface area (Å²) in [6.07, 6.45) is 0. The highest BCUT2D eigenvalue weighted by molar-refractivity contribution is 5.66. The number of aromatic nitrogens is 1. The largest absolute Gasteiger partial charge is 0.459 e. The van der Waals surface area contributed by atoms with Gasteiger partial charge in [-0.05, 0) is 17.7 Å². The molecule has 0 atom stereocenters. The molecule has 0 unspecified atom stereocenters. The first kappa shape index (κ1) is 15.8. The van der Waals surface area contributed by atoms with Gasteiger partial charge in [0.2, 0.25) is 5.69 Å². The molecule has 0 saturated heterocycles. The molecule has 26 heavy (non-hydrogen) atoms. The van der Waals surface area contributed by atoms with Gasteiger partial charge in [-0.2, -0.15) is 0 Å². The Morgan fingerprint density at radius 3 is 1.77 bits per heavy atom. The highest BCUT2D eigenvalue weighted by Gasteiger charge is 2.30. The van der Waals surface area contributed by atoms with Crippen molar-refractivity contribution in [3.8, 4) is 34.1 Å². The summed E-state index contributed by atoms with van der Waals surface area (Å²) in [7, 11) is 0. The van der Waals surface area contributed by atoms with Gasteiger partial charge < -0.3 is 9.52 Å². The number of hydrogen-bond acceptors (Lipinski definition) is 3. The molecule has 0 aliphatic carbocycles. The Hall–Kier alpha value is -3.66. The van der Waals surface area contributed by atoms with Gasteiger partial charge in [0, 0.05) is 12.1 Å². The summed E-state index contributed by atoms with van der Waals surface area (Å²) in [5.74, 6) is 0.122. The van der Waals surface area contributed by atoms with Crippen LogP contribution in [0, 0.1) is 0 Å². The Morgan fingerprint density at radius 2 is 1.19 bits per heavy atom. The van der Waals surface area contributed by atoms with Crippen molar-refractivity contribution < 1.29 is 14.1 Å². The second-order valence-corrected chi connectivity index (χ2v) is 5.80. The average molecular weight is 342 g/mol. The molecule has 0 fully saturated rings. The van der Waals surface area contributed by atoms with Gasteiger partial charge in [-0.3, -0.25) is 0 Å². The van der Waals surface area contributed by atoms with Crippen LogP contribution in [0.25, 0.3) is 28.3 Å². The zero-order valence-electron chi connectivity index (χ0n) is 13.9. The molecule has 0 saturated carbocycles. The molecule has 4 aromatic rings. The van der Waals surface area contributed by atoms with Crippen LogP contribution in [-0.2, 0) is 0 Å². The van der Waals surface area contributed by atoms with Crippen LogP contribution >= 0.6 is 0 Å². The number of rotatable bonds is 3. The van der Waals surface area contributed by atoms with E-state index in [9.17, 15) is 9.90 Å². The third kappa shape index (κ3) is 2.78. The Morgan fingerprint density at radius 1 is 0.692 bits per heavy atom. The van der Waals surface area contributed by atoms with Crippen LogP contribution < -0.4 is 10.2 Å². The highest BCUT2D eigenvalue weighted by Crippen LogP contribution is 2.27. The first-order valence-corrected chi connectivity index (χ1v) is 8.24. The Kier molecular flexibility index (Phi) is 4.07. The van der Waals surface area contributed by atoms with Crippen LogP contribution in [0.2, 0.25) is 0 Å². The molecule has 126 valence electrons. The zero-order chi connectivity index (χ0) is 17.9. The molecule has 0 amide bonds. The van der Waals surface area contributed by atoms with E-state index in [1.54, 1.807) is 16.7 Å². The van der Waals surface area contributed by atoms with Crippen LogP contribution in [-0.4, -0.2) is 5.11 Å². The maximum absolute atomic E-state index is 12.7. The van der Waals surface area contributed by atoms with Gasteiger partial charge in [0.05, 0.1) is 5.56 Å². The molecule has 4 heteroatoms. The van der Waals surface area contributed by atoms with Crippen molar-refractivity contribution in [1.29, 1.82) is 0 Å². The number of hydrogen-bond donors (Lipinski definition) is 1. The fourth-order valence-corrected chi connectivity index (χ4v) is 2.92. The Bertz CT molecular complexity index is 1090. The smallest absolute Gasteiger partial charge is 0.392 e. The second kappa shape index (κ2) is 6.69. The van der Waals surface area contributed by atoms with E-state index in [0.29, 0.717) is 16.8 Å². The molecular weight excluding hydrogens is 326 g/mol. The lowest BCUT2D eigenvalue weighted by Crippen LogP contribution is -2.36. The van der Waals surface area contributed by atoms with Gasteiger partial charge in [0.15, 0.2) is 5.56 Å². The van der Waals surface area contributed by atoms with Crippen molar-refractivity contribution in [2.75, 3.05) is 0 Å².